The number of halogens is 2. The molecule has 1 aromatic carbocycles. The third-order valence-corrected chi connectivity index (χ3v) is 6.38. The molecule has 6 heteroatoms. The molecule has 4 rings (SSSR count). The van der Waals surface area contributed by atoms with E-state index in [9.17, 15) is 18.7 Å². The maximum Gasteiger partial charge on any atom is 0.312 e. The maximum absolute atomic E-state index is 13.9. The average molecular weight is 350 g/mol. The molecule has 3 fully saturated rings. The number of likely N-dealkylation sites (tertiary alicyclic amines) is 2. The first-order valence-electron chi connectivity index (χ1n) is 9.12. The van der Waals surface area contributed by atoms with Crippen LogP contribution >= 0.6 is 0 Å². The van der Waals surface area contributed by atoms with E-state index in [-0.39, 0.29) is 5.92 Å². The zero-order valence-corrected chi connectivity index (χ0v) is 14.3. The summed E-state index contributed by atoms with van der Waals surface area (Å²) < 4.78 is 27.0. The van der Waals surface area contributed by atoms with Crippen molar-refractivity contribution in [1.82, 2.24) is 9.80 Å². The SMILES string of the molecule is O=C(O)[C@@]12CN(Cc3ccc(F)cc3F)C[C@@H]1CN(C1CCCC1)C2. The van der Waals surface area contributed by atoms with Gasteiger partial charge in [-0.25, -0.2) is 8.78 Å². The minimum absolute atomic E-state index is 0.0779. The van der Waals surface area contributed by atoms with Crippen LogP contribution in [0.4, 0.5) is 8.78 Å². The molecule has 2 saturated heterocycles. The second-order valence-electron chi connectivity index (χ2n) is 7.93. The molecule has 0 spiro atoms. The molecule has 3 aliphatic rings. The first-order chi connectivity index (χ1) is 12.0. The summed E-state index contributed by atoms with van der Waals surface area (Å²) in [6, 6.07) is 4.13. The van der Waals surface area contributed by atoms with Gasteiger partial charge in [0.25, 0.3) is 0 Å². The molecule has 0 aromatic heterocycles. The van der Waals surface area contributed by atoms with Crippen molar-refractivity contribution in [2.45, 2.75) is 38.3 Å². The van der Waals surface area contributed by atoms with Crippen LogP contribution in [-0.2, 0) is 11.3 Å². The lowest BCUT2D eigenvalue weighted by Gasteiger charge is -2.28. The van der Waals surface area contributed by atoms with Crippen LogP contribution in [0, 0.1) is 23.0 Å². The molecule has 1 aliphatic carbocycles. The third kappa shape index (κ3) is 2.95. The molecule has 0 unspecified atom stereocenters. The standard InChI is InChI=1S/C19H24F2N2O2/c20-15-6-5-13(17(21)7-15)8-22-9-14-10-23(16-3-1-2-4-16)12-19(14,11-22)18(24)25/h5-7,14,16H,1-4,8-12H2,(H,24,25)/t14-,19-/m1/s1. The number of carbonyl (C=O) groups is 1. The number of rotatable bonds is 4. The highest BCUT2D eigenvalue weighted by molar-refractivity contribution is 5.77. The van der Waals surface area contributed by atoms with Gasteiger partial charge in [0.2, 0.25) is 0 Å². The van der Waals surface area contributed by atoms with Crippen LogP contribution in [0.3, 0.4) is 0 Å². The van der Waals surface area contributed by atoms with Gasteiger partial charge in [0.1, 0.15) is 11.6 Å². The van der Waals surface area contributed by atoms with Crippen LogP contribution in [0.1, 0.15) is 31.2 Å². The lowest BCUT2D eigenvalue weighted by molar-refractivity contribution is -0.149. The van der Waals surface area contributed by atoms with Crippen molar-refractivity contribution in [3.8, 4) is 0 Å². The topological polar surface area (TPSA) is 43.8 Å². The van der Waals surface area contributed by atoms with Crippen molar-refractivity contribution in [2.75, 3.05) is 26.2 Å². The smallest absolute Gasteiger partial charge is 0.312 e. The number of nitrogens with zero attached hydrogens (tertiary/aromatic N) is 2. The lowest BCUT2D eigenvalue weighted by atomic mass is 9.81. The lowest BCUT2D eigenvalue weighted by Crippen LogP contribution is -2.42. The Bertz CT molecular complexity index is 677. The van der Waals surface area contributed by atoms with E-state index in [1.54, 1.807) is 0 Å². The van der Waals surface area contributed by atoms with Gasteiger partial charge >= 0.3 is 5.97 Å². The van der Waals surface area contributed by atoms with E-state index >= 15 is 0 Å². The molecule has 2 atom stereocenters. The Labute approximate surface area is 146 Å². The summed E-state index contributed by atoms with van der Waals surface area (Å²) in [6.45, 7) is 2.85. The Hall–Kier alpha value is -1.53. The molecule has 1 saturated carbocycles. The Morgan fingerprint density at radius 2 is 1.96 bits per heavy atom. The van der Waals surface area contributed by atoms with Crippen LogP contribution in [-0.4, -0.2) is 53.1 Å². The van der Waals surface area contributed by atoms with Gasteiger partial charge in [0.15, 0.2) is 0 Å². The highest BCUT2D eigenvalue weighted by Gasteiger charge is 2.58. The van der Waals surface area contributed by atoms with Crippen LogP contribution in [0.15, 0.2) is 18.2 Å². The number of benzene rings is 1. The molecule has 0 amide bonds. The van der Waals surface area contributed by atoms with E-state index in [1.807, 2.05) is 4.90 Å². The van der Waals surface area contributed by atoms with E-state index in [2.05, 4.69) is 4.90 Å². The van der Waals surface area contributed by atoms with Gasteiger partial charge in [0.05, 0.1) is 5.41 Å². The van der Waals surface area contributed by atoms with Gasteiger partial charge in [-0.05, 0) is 18.9 Å². The summed E-state index contributed by atoms with van der Waals surface area (Å²) in [5, 5.41) is 9.93. The number of carboxylic acids is 1. The first-order valence-corrected chi connectivity index (χ1v) is 9.12. The zero-order chi connectivity index (χ0) is 17.6. The summed E-state index contributed by atoms with van der Waals surface area (Å²) in [5.41, 5.74) is -0.325. The molecular weight excluding hydrogens is 326 g/mol. The summed E-state index contributed by atoms with van der Waals surface area (Å²) in [6.07, 6.45) is 4.82. The van der Waals surface area contributed by atoms with Gasteiger partial charge < -0.3 is 5.11 Å². The van der Waals surface area contributed by atoms with E-state index < -0.39 is 23.0 Å². The summed E-state index contributed by atoms with van der Waals surface area (Å²) in [4.78, 5) is 16.5. The quantitative estimate of drug-likeness (QED) is 0.907. The molecule has 4 nitrogen and oxygen atoms in total. The second-order valence-corrected chi connectivity index (χ2v) is 7.93. The van der Waals surface area contributed by atoms with Gasteiger partial charge in [0, 0.05) is 56.3 Å². The fourth-order valence-electron chi connectivity index (χ4n) is 5.07. The number of fused-ring (bicyclic) bond motifs is 1. The first kappa shape index (κ1) is 16.9. The van der Waals surface area contributed by atoms with Crippen molar-refractivity contribution in [2.24, 2.45) is 11.3 Å². The number of carboxylic acid groups (broad SMARTS) is 1. The Balaban J connectivity index is 1.48. The Kier molecular flexibility index (Phi) is 4.28. The van der Waals surface area contributed by atoms with E-state index in [0.29, 0.717) is 37.8 Å². The van der Waals surface area contributed by atoms with Crippen LogP contribution in [0.5, 0.6) is 0 Å². The fraction of sp³-hybridized carbons (Fsp3) is 0.632. The predicted molar refractivity (Wildman–Crippen MR) is 89.0 cm³/mol. The summed E-state index contributed by atoms with van der Waals surface area (Å²) in [7, 11) is 0. The van der Waals surface area contributed by atoms with Crippen molar-refractivity contribution in [3.63, 3.8) is 0 Å². The number of hydrogen-bond donors (Lipinski definition) is 1. The molecule has 2 aliphatic heterocycles. The van der Waals surface area contributed by atoms with Crippen LogP contribution < -0.4 is 0 Å². The summed E-state index contributed by atoms with van der Waals surface area (Å²) >= 11 is 0. The van der Waals surface area contributed by atoms with Gasteiger partial charge in [-0.15, -0.1) is 0 Å². The highest BCUT2D eigenvalue weighted by Crippen LogP contribution is 2.45. The van der Waals surface area contributed by atoms with Crippen LogP contribution in [0.25, 0.3) is 0 Å². The van der Waals surface area contributed by atoms with Crippen LogP contribution in [0.2, 0.25) is 0 Å². The molecular formula is C19H24F2N2O2. The average Bonchev–Trinajstić information content (AvgIpc) is 3.23. The Morgan fingerprint density at radius 1 is 1.20 bits per heavy atom. The number of aliphatic carboxylic acids is 1. The largest absolute Gasteiger partial charge is 0.481 e. The van der Waals surface area contributed by atoms with E-state index in [1.165, 1.54) is 37.8 Å². The van der Waals surface area contributed by atoms with Crippen molar-refractivity contribution in [1.29, 1.82) is 0 Å². The maximum atomic E-state index is 13.9. The molecule has 136 valence electrons. The monoisotopic (exact) mass is 350 g/mol. The molecule has 0 radical (unpaired) electrons. The molecule has 2 heterocycles. The number of hydrogen-bond acceptors (Lipinski definition) is 3. The minimum Gasteiger partial charge on any atom is -0.481 e. The van der Waals surface area contributed by atoms with Gasteiger partial charge in [-0.3, -0.25) is 14.6 Å². The zero-order valence-electron chi connectivity index (χ0n) is 14.3. The van der Waals surface area contributed by atoms with Gasteiger partial charge in [-0.1, -0.05) is 18.9 Å². The molecule has 25 heavy (non-hydrogen) atoms. The third-order valence-electron chi connectivity index (χ3n) is 6.38. The molecule has 0 bridgehead atoms. The predicted octanol–water partition coefficient (Wildman–Crippen LogP) is 2.73. The van der Waals surface area contributed by atoms with Gasteiger partial charge in [-0.2, -0.15) is 0 Å². The normalized spacial score (nSPS) is 30.9. The Morgan fingerprint density at radius 3 is 2.60 bits per heavy atom. The highest BCUT2D eigenvalue weighted by atomic mass is 19.1. The molecule has 1 aromatic rings. The molecule has 1 N–H and O–H groups in total. The van der Waals surface area contributed by atoms with Crippen molar-refractivity contribution < 1.29 is 18.7 Å². The second kappa shape index (κ2) is 6.32. The van der Waals surface area contributed by atoms with E-state index in [0.717, 1.165) is 12.6 Å². The van der Waals surface area contributed by atoms with Crippen molar-refractivity contribution in [3.05, 3.63) is 35.4 Å². The minimum atomic E-state index is -0.751. The van der Waals surface area contributed by atoms with E-state index in [4.69, 9.17) is 0 Å². The fourth-order valence-corrected chi connectivity index (χ4v) is 5.07. The van der Waals surface area contributed by atoms with Crippen molar-refractivity contribution >= 4 is 5.97 Å². The summed E-state index contributed by atoms with van der Waals surface area (Å²) in [5.74, 6) is -1.81.